The van der Waals surface area contributed by atoms with E-state index in [0.717, 1.165) is 38.0 Å². The van der Waals surface area contributed by atoms with Crippen LogP contribution in [0.25, 0.3) is 0 Å². The van der Waals surface area contributed by atoms with E-state index in [1.165, 1.54) is 19.4 Å². The summed E-state index contributed by atoms with van der Waals surface area (Å²) in [5, 5.41) is 10.7. The van der Waals surface area contributed by atoms with Crippen molar-refractivity contribution < 1.29 is 4.74 Å². The van der Waals surface area contributed by atoms with E-state index < -0.39 is 0 Å². The van der Waals surface area contributed by atoms with E-state index in [4.69, 9.17) is 4.74 Å². The number of morpholine rings is 1. The smallest absolute Gasteiger partial charge is 0.191 e. The van der Waals surface area contributed by atoms with Gasteiger partial charge in [0, 0.05) is 32.7 Å². The Labute approximate surface area is 137 Å². The van der Waals surface area contributed by atoms with Crippen molar-refractivity contribution in [2.75, 3.05) is 32.8 Å². The molecule has 0 spiro atoms. The number of nitrogens with zero attached hydrogens (tertiary/aromatic N) is 5. The minimum Gasteiger partial charge on any atom is -0.373 e. The molecule has 2 saturated heterocycles. The summed E-state index contributed by atoms with van der Waals surface area (Å²) in [6, 6.07) is 0.643. The molecule has 8 heteroatoms. The fraction of sp³-hybridized carbons (Fsp3) is 0.800. The lowest BCUT2D eigenvalue weighted by atomic mass is 10.2. The zero-order valence-corrected chi connectivity index (χ0v) is 14.0. The second-order valence-corrected chi connectivity index (χ2v) is 6.12. The Bertz CT molecular complexity index is 530. The molecule has 3 rings (SSSR count). The van der Waals surface area contributed by atoms with Crippen molar-refractivity contribution in [1.29, 1.82) is 0 Å². The molecule has 0 saturated carbocycles. The van der Waals surface area contributed by atoms with Gasteiger partial charge in [-0.05, 0) is 26.3 Å². The number of nitrogens with one attached hydrogen (secondary N) is 2. The topological polar surface area (TPSA) is 79.6 Å². The van der Waals surface area contributed by atoms with Gasteiger partial charge < -0.3 is 15.4 Å². The summed E-state index contributed by atoms with van der Waals surface area (Å²) in [4.78, 5) is 11.3. The molecule has 23 heavy (non-hydrogen) atoms. The zero-order valence-electron chi connectivity index (χ0n) is 14.0. The van der Waals surface area contributed by atoms with Gasteiger partial charge in [0.05, 0.1) is 12.7 Å². The Morgan fingerprint density at radius 1 is 1.48 bits per heavy atom. The van der Waals surface area contributed by atoms with Gasteiger partial charge in [-0.25, -0.2) is 9.98 Å². The quantitative estimate of drug-likeness (QED) is 0.574. The molecule has 2 aliphatic rings. The highest BCUT2D eigenvalue weighted by atomic mass is 16.5. The van der Waals surface area contributed by atoms with Crippen molar-refractivity contribution >= 4 is 5.96 Å². The van der Waals surface area contributed by atoms with Gasteiger partial charge in [-0.2, -0.15) is 5.10 Å². The molecule has 2 N–H and O–H groups in total. The number of hydrogen-bond acceptors (Lipinski definition) is 5. The number of rotatable bonds is 5. The van der Waals surface area contributed by atoms with E-state index in [2.05, 4.69) is 37.5 Å². The molecule has 128 valence electrons. The third-order valence-corrected chi connectivity index (χ3v) is 4.49. The van der Waals surface area contributed by atoms with Gasteiger partial charge in [0.15, 0.2) is 5.96 Å². The van der Waals surface area contributed by atoms with Crippen LogP contribution in [0.4, 0.5) is 0 Å². The molecule has 0 aliphatic carbocycles. The second kappa shape index (κ2) is 7.74. The van der Waals surface area contributed by atoms with Crippen LogP contribution in [0.5, 0.6) is 0 Å². The van der Waals surface area contributed by atoms with E-state index in [-0.39, 0.29) is 6.10 Å². The van der Waals surface area contributed by atoms with E-state index in [9.17, 15) is 0 Å². The third-order valence-electron chi connectivity index (χ3n) is 4.49. The van der Waals surface area contributed by atoms with Crippen LogP contribution < -0.4 is 10.6 Å². The lowest BCUT2D eigenvalue weighted by Crippen LogP contribution is -2.51. The summed E-state index contributed by atoms with van der Waals surface area (Å²) >= 11 is 0. The Kier molecular flexibility index (Phi) is 5.45. The van der Waals surface area contributed by atoms with E-state index in [0.29, 0.717) is 12.6 Å². The van der Waals surface area contributed by atoms with Crippen LogP contribution in [0.3, 0.4) is 0 Å². The third kappa shape index (κ3) is 4.20. The first-order chi connectivity index (χ1) is 11.3. The van der Waals surface area contributed by atoms with Crippen LogP contribution in [0.15, 0.2) is 11.3 Å². The molecule has 1 aromatic rings. The van der Waals surface area contributed by atoms with Crippen LogP contribution in [-0.4, -0.2) is 70.6 Å². The zero-order chi connectivity index (χ0) is 16.1. The molecule has 2 atom stereocenters. The lowest BCUT2D eigenvalue weighted by molar-refractivity contribution is -0.0453. The highest BCUT2D eigenvalue weighted by Gasteiger charge is 2.32. The summed E-state index contributed by atoms with van der Waals surface area (Å²) in [6.45, 7) is 7.25. The van der Waals surface area contributed by atoms with Crippen molar-refractivity contribution in [2.45, 2.75) is 38.5 Å². The van der Waals surface area contributed by atoms with E-state index >= 15 is 0 Å². The van der Waals surface area contributed by atoms with Crippen LogP contribution in [0, 0.1) is 0 Å². The van der Waals surface area contributed by atoms with Crippen LogP contribution in [0.1, 0.15) is 25.6 Å². The first-order valence-electron chi connectivity index (χ1n) is 8.47. The molecule has 8 nitrogen and oxygen atoms in total. The van der Waals surface area contributed by atoms with Crippen molar-refractivity contribution in [1.82, 2.24) is 30.3 Å². The SMILES string of the molecule is CCNC(=NCc1ncnn1C)NCC1CN2CCCC2CO1. The Morgan fingerprint density at radius 3 is 3.17 bits per heavy atom. The van der Waals surface area contributed by atoms with Gasteiger partial charge in [-0.15, -0.1) is 0 Å². The maximum atomic E-state index is 5.98. The summed E-state index contributed by atoms with van der Waals surface area (Å²) in [5.74, 6) is 1.64. The molecule has 0 amide bonds. The predicted octanol–water partition coefficient (Wildman–Crippen LogP) is -0.267. The number of aliphatic imine (C=N–C) groups is 1. The normalized spacial score (nSPS) is 25.4. The fourth-order valence-corrected chi connectivity index (χ4v) is 3.17. The number of aryl methyl sites for hydroxylation is 1. The number of fused-ring (bicyclic) bond motifs is 1. The van der Waals surface area contributed by atoms with Crippen LogP contribution in [0.2, 0.25) is 0 Å². The van der Waals surface area contributed by atoms with Crippen molar-refractivity contribution in [3.63, 3.8) is 0 Å². The molecular weight excluding hydrogens is 294 g/mol. The molecule has 1 aromatic heterocycles. The number of hydrogen-bond donors (Lipinski definition) is 2. The van der Waals surface area contributed by atoms with Gasteiger partial charge >= 0.3 is 0 Å². The highest BCUT2D eigenvalue weighted by Crippen LogP contribution is 2.22. The molecule has 0 aromatic carbocycles. The summed E-state index contributed by atoms with van der Waals surface area (Å²) in [6.07, 6.45) is 4.36. The molecule has 0 bridgehead atoms. The highest BCUT2D eigenvalue weighted by molar-refractivity contribution is 5.79. The van der Waals surface area contributed by atoms with Gasteiger partial charge in [0.2, 0.25) is 0 Å². The molecule has 2 unspecified atom stereocenters. The maximum Gasteiger partial charge on any atom is 0.191 e. The average Bonchev–Trinajstić information content (AvgIpc) is 3.18. The van der Waals surface area contributed by atoms with Gasteiger partial charge in [-0.3, -0.25) is 9.58 Å². The Balaban J connectivity index is 1.50. The van der Waals surface area contributed by atoms with E-state index in [1.807, 2.05) is 7.05 Å². The molecule has 2 aliphatic heterocycles. The molecular formula is C15H27N7O. The van der Waals surface area contributed by atoms with Crippen LogP contribution in [-0.2, 0) is 18.3 Å². The van der Waals surface area contributed by atoms with Crippen molar-refractivity contribution in [3.05, 3.63) is 12.2 Å². The Morgan fingerprint density at radius 2 is 2.39 bits per heavy atom. The monoisotopic (exact) mass is 321 g/mol. The summed E-state index contributed by atoms with van der Waals surface area (Å²) < 4.78 is 7.72. The molecule has 3 heterocycles. The van der Waals surface area contributed by atoms with Gasteiger partial charge in [-0.1, -0.05) is 0 Å². The average molecular weight is 321 g/mol. The van der Waals surface area contributed by atoms with Gasteiger partial charge in [0.25, 0.3) is 0 Å². The largest absolute Gasteiger partial charge is 0.373 e. The molecule has 0 radical (unpaired) electrons. The van der Waals surface area contributed by atoms with Crippen LogP contribution >= 0.6 is 0 Å². The first-order valence-corrected chi connectivity index (χ1v) is 8.47. The Hall–Kier alpha value is -1.67. The van der Waals surface area contributed by atoms with E-state index in [1.54, 1.807) is 11.0 Å². The minimum atomic E-state index is 0.225. The second-order valence-electron chi connectivity index (χ2n) is 6.12. The maximum absolute atomic E-state index is 5.98. The molecule has 2 fully saturated rings. The lowest BCUT2D eigenvalue weighted by Gasteiger charge is -2.35. The number of ether oxygens (including phenoxy) is 1. The predicted molar refractivity (Wildman–Crippen MR) is 88.2 cm³/mol. The summed E-state index contributed by atoms with van der Waals surface area (Å²) in [7, 11) is 1.88. The standard InChI is InChI=1S/C15H27N7O/c1-3-16-15(18-8-14-19-11-20-21(14)2)17-7-13-9-22-6-4-5-12(22)10-23-13/h11-13H,3-10H2,1-2H3,(H2,16,17,18). The summed E-state index contributed by atoms with van der Waals surface area (Å²) in [5.41, 5.74) is 0. The minimum absolute atomic E-state index is 0.225. The van der Waals surface area contributed by atoms with Crippen molar-refractivity contribution in [2.24, 2.45) is 12.0 Å². The number of aromatic nitrogens is 3. The first kappa shape index (κ1) is 16.2. The van der Waals surface area contributed by atoms with Gasteiger partial charge in [0.1, 0.15) is 18.7 Å². The fourth-order valence-electron chi connectivity index (χ4n) is 3.17. The van der Waals surface area contributed by atoms with Crippen molar-refractivity contribution in [3.8, 4) is 0 Å². The number of guanidine groups is 1.